The van der Waals surface area contributed by atoms with Crippen molar-refractivity contribution >= 4 is 5.91 Å². The number of nitrogens with one attached hydrogen (secondary N) is 2. The number of carbonyl (C=O) groups excluding carboxylic acids is 1. The van der Waals surface area contributed by atoms with E-state index >= 15 is 0 Å². The fraction of sp³-hybridized carbons (Fsp3) is 0.357. The quantitative estimate of drug-likeness (QED) is 0.764. The van der Waals surface area contributed by atoms with Crippen LogP contribution < -0.4 is 5.32 Å². The maximum absolute atomic E-state index is 12.1. The molecule has 2 rings (SSSR count). The molecular weight excluding hydrogens is 256 g/mol. The van der Waals surface area contributed by atoms with Gasteiger partial charge in [0.2, 0.25) is 0 Å². The van der Waals surface area contributed by atoms with E-state index in [0.29, 0.717) is 11.4 Å². The first-order valence-electron chi connectivity index (χ1n) is 6.49. The molecule has 0 aliphatic carbocycles. The van der Waals surface area contributed by atoms with E-state index in [1.807, 2.05) is 26.0 Å². The molecule has 0 aliphatic heterocycles. The van der Waals surface area contributed by atoms with Crippen molar-refractivity contribution in [1.82, 2.24) is 20.5 Å². The molecule has 1 atom stereocenters. The lowest BCUT2D eigenvalue weighted by molar-refractivity contribution is 0.0892. The van der Waals surface area contributed by atoms with Gasteiger partial charge in [-0.2, -0.15) is 5.10 Å². The molecule has 0 bridgehead atoms. The molecule has 0 fully saturated rings. The fourth-order valence-electron chi connectivity index (χ4n) is 1.78. The second kappa shape index (κ2) is 6.29. The summed E-state index contributed by atoms with van der Waals surface area (Å²) in [7, 11) is 0. The van der Waals surface area contributed by atoms with E-state index in [9.17, 15) is 9.90 Å². The number of aliphatic hydroxyl groups excluding tert-OH is 1. The molecule has 2 heterocycles. The number of pyridine rings is 1. The average Bonchev–Trinajstić information content (AvgIpc) is 2.95. The maximum atomic E-state index is 12.1. The second-order valence-electron chi connectivity index (χ2n) is 4.91. The van der Waals surface area contributed by atoms with Crippen LogP contribution in [0.4, 0.5) is 0 Å². The largest absolute Gasteiger partial charge is 0.394 e. The Morgan fingerprint density at radius 3 is 2.70 bits per heavy atom. The molecule has 106 valence electrons. The van der Waals surface area contributed by atoms with E-state index in [4.69, 9.17) is 0 Å². The number of nitrogens with zero attached hydrogens (tertiary/aromatic N) is 2. The van der Waals surface area contributed by atoms with Crippen molar-refractivity contribution in [2.24, 2.45) is 5.92 Å². The highest BCUT2D eigenvalue weighted by Gasteiger charge is 2.18. The number of aliphatic hydroxyl groups is 1. The molecule has 0 radical (unpaired) electrons. The topological polar surface area (TPSA) is 90.9 Å². The van der Waals surface area contributed by atoms with E-state index in [2.05, 4.69) is 20.5 Å². The summed E-state index contributed by atoms with van der Waals surface area (Å²) in [6.07, 6.45) is 3.34. The minimum absolute atomic E-state index is 0.0885. The lowest BCUT2D eigenvalue weighted by atomic mass is 10.1. The number of carbonyl (C=O) groups is 1. The first kappa shape index (κ1) is 14.2. The summed E-state index contributed by atoms with van der Waals surface area (Å²) in [6.45, 7) is 3.79. The highest BCUT2D eigenvalue weighted by atomic mass is 16.3. The molecule has 0 saturated carbocycles. The summed E-state index contributed by atoms with van der Waals surface area (Å²) in [5.41, 5.74) is 1.94. The number of hydrogen-bond donors (Lipinski definition) is 3. The van der Waals surface area contributed by atoms with Gasteiger partial charge in [0.05, 0.1) is 18.3 Å². The van der Waals surface area contributed by atoms with Gasteiger partial charge in [0.15, 0.2) is 0 Å². The van der Waals surface area contributed by atoms with Gasteiger partial charge in [-0.25, -0.2) is 0 Å². The molecule has 0 spiro atoms. The van der Waals surface area contributed by atoms with Gasteiger partial charge in [-0.15, -0.1) is 0 Å². The molecule has 2 aromatic heterocycles. The van der Waals surface area contributed by atoms with Crippen LogP contribution in [0.1, 0.15) is 24.3 Å². The van der Waals surface area contributed by atoms with Crippen molar-refractivity contribution in [1.29, 1.82) is 0 Å². The number of H-pyrrole nitrogens is 1. The molecule has 6 heteroatoms. The van der Waals surface area contributed by atoms with Gasteiger partial charge >= 0.3 is 0 Å². The monoisotopic (exact) mass is 274 g/mol. The van der Waals surface area contributed by atoms with Crippen molar-refractivity contribution < 1.29 is 9.90 Å². The third kappa shape index (κ3) is 3.21. The molecule has 2 aromatic rings. The normalized spacial score (nSPS) is 12.4. The average molecular weight is 274 g/mol. The van der Waals surface area contributed by atoms with E-state index in [1.165, 1.54) is 0 Å². The summed E-state index contributed by atoms with van der Waals surface area (Å²) in [6, 6.07) is 5.06. The zero-order valence-electron chi connectivity index (χ0n) is 11.5. The molecule has 0 aromatic carbocycles. The van der Waals surface area contributed by atoms with Gasteiger partial charge in [-0.3, -0.25) is 14.9 Å². The van der Waals surface area contributed by atoms with Crippen LogP contribution in [-0.2, 0) is 0 Å². The molecule has 0 saturated heterocycles. The molecule has 0 unspecified atom stereocenters. The van der Waals surface area contributed by atoms with Crippen LogP contribution in [0.5, 0.6) is 0 Å². The number of rotatable bonds is 5. The summed E-state index contributed by atoms with van der Waals surface area (Å²) in [4.78, 5) is 16.0. The van der Waals surface area contributed by atoms with Gasteiger partial charge in [0, 0.05) is 18.0 Å². The van der Waals surface area contributed by atoms with Crippen molar-refractivity contribution in [2.45, 2.75) is 19.9 Å². The van der Waals surface area contributed by atoms with Crippen molar-refractivity contribution in [3.63, 3.8) is 0 Å². The van der Waals surface area contributed by atoms with Crippen molar-refractivity contribution in [3.8, 4) is 11.3 Å². The number of amides is 1. The van der Waals surface area contributed by atoms with E-state index in [-0.39, 0.29) is 24.5 Å². The predicted octanol–water partition coefficient (Wildman–Crippen LogP) is 1.22. The molecule has 1 amide bonds. The van der Waals surface area contributed by atoms with E-state index in [0.717, 1.165) is 5.56 Å². The SMILES string of the molecule is CC(C)[C@@H](CO)NC(=O)c1cc(-c2ccncc2)n[nH]1. The van der Waals surface area contributed by atoms with Crippen LogP contribution in [-0.4, -0.2) is 38.8 Å². The Hall–Kier alpha value is -2.21. The smallest absolute Gasteiger partial charge is 0.269 e. The lowest BCUT2D eigenvalue weighted by Gasteiger charge is -2.19. The Kier molecular flexibility index (Phi) is 4.47. The Balaban J connectivity index is 2.11. The predicted molar refractivity (Wildman–Crippen MR) is 75.0 cm³/mol. The zero-order chi connectivity index (χ0) is 14.5. The third-order valence-corrected chi connectivity index (χ3v) is 3.12. The first-order valence-corrected chi connectivity index (χ1v) is 6.49. The standard InChI is InChI=1S/C14H18N4O2/c1-9(2)13(8-19)16-14(20)12-7-11(17-18-12)10-3-5-15-6-4-10/h3-7,9,13,19H,8H2,1-2H3,(H,16,20)(H,17,18)/t13-/m1/s1. The molecule has 0 aliphatic rings. The Bertz CT molecular complexity index is 566. The first-order chi connectivity index (χ1) is 9.61. The van der Waals surface area contributed by atoms with Gasteiger partial charge in [-0.1, -0.05) is 13.8 Å². The molecule has 20 heavy (non-hydrogen) atoms. The number of hydrogen-bond acceptors (Lipinski definition) is 4. The Morgan fingerprint density at radius 2 is 2.10 bits per heavy atom. The summed E-state index contributed by atoms with van der Waals surface area (Å²) >= 11 is 0. The van der Waals surface area contributed by atoms with Crippen LogP contribution in [0.15, 0.2) is 30.6 Å². The van der Waals surface area contributed by atoms with Gasteiger partial charge in [-0.05, 0) is 24.1 Å². The molecule has 3 N–H and O–H groups in total. The number of aromatic amines is 1. The minimum atomic E-state index is -0.273. The van der Waals surface area contributed by atoms with E-state index < -0.39 is 0 Å². The third-order valence-electron chi connectivity index (χ3n) is 3.12. The second-order valence-corrected chi connectivity index (χ2v) is 4.91. The van der Waals surface area contributed by atoms with Gasteiger partial charge in [0.25, 0.3) is 5.91 Å². The van der Waals surface area contributed by atoms with Crippen molar-refractivity contribution in [2.75, 3.05) is 6.61 Å². The highest BCUT2D eigenvalue weighted by Crippen LogP contribution is 2.16. The Morgan fingerprint density at radius 1 is 1.40 bits per heavy atom. The van der Waals surface area contributed by atoms with E-state index in [1.54, 1.807) is 18.5 Å². The number of aromatic nitrogens is 3. The fourth-order valence-corrected chi connectivity index (χ4v) is 1.78. The summed E-state index contributed by atoms with van der Waals surface area (Å²) in [5, 5.41) is 18.8. The van der Waals surface area contributed by atoms with Crippen LogP contribution in [0.3, 0.4) is 0 Å². The van der Waals surface area contributed by atoms with Crippen LogP contribution in [0.25, 0.3) is 11.3 Å². The molecule has 6 nitrogen and oxygen atoms in total. The van der Waals surface area contributed by atoms with Crippen molar-refractivity contribution in [3.05, 3.63) is 36.3 Å². The minimum Gasteiger partial charge on any atom is -0.394 e. The lowest BCUT2D eigenvalue weighted by Crippen LogP contribution is -2.41. The van der Waals surface area contributed by atoms with Crippen LogP contribution in [0, 0.1) is 5.92 Å². The maximum Gasteiger partial charge on any atom is 0.269 e. The van der Waals surface area contributed by atoms with Crippen LogP contribution >= 0.6 is 0 Å². The van der Waals surface area contributed by atoms with Crippen LogP contribution in [0.2, 0.25) is 0 Å². The zero-order valence-corrected chi connectivity index (χ0v) is 11.5. The molecular formula is C14H18N4O2. The van der Waals surface area contributed by atoms with Gasteiger partial charge < -0.3 is 10.4 Å². The summed E-state index contributed by atoms with van der Waals surface area (Å²) < 4.78 is 0. The summed E-state index contributed by atoms with van der Waals surface area (Å²) in [5.74, 6) is -0.114. The van der Waals surface area contributed by atoms with Gasteiger partial charge in [0.1, 0.15) is 5.69 Å². The Labute approximate surface area is 117 Å². The highest BCUT2D eigenvalue weighted by molar-refractivity contribution is 5.93.